The normalized spacial score (nSPS) is 18.9. The third-order valence-corrected chi connectivity index (χ3v) is 6.33. The molecule has 4 rings (SSSR count). The van der Waals surface area contributed by atoms with E-state index >= 15 is 0 Å². The summed E-state index contributed by atoms with van der Waals surface area (Å²) in [6.07, 6.45) is 6.46. The second-order valence-electron chi connectivity index (χ2n) is 8.22. The molecule has 2 saturated heterocycles. The van der Waals surface area contributed by atoms with E-state index in [1.165, 1.54) is 19.4 Å². The molecule has 0 spiro atoms. The smallest absolute Gasteiger partial charge is 0.257 e. The maximum absolute atomic E-state index is 13.0. The second kappa shape index (κ2) is 9.55. The molecule has 2 fully saturated rings. The fourth-order valence-corrected chi connectivity index (χ4v) is 4.47. The average molecular weight is 397 g/mol. The topological polar surface area (TPSA) is 50.6 Å². The fourth-order valence-electron chi connectivity index (χ4n) is 4.47. The van der Waals surface area contributed by atoms with Gasteiger partial charge in [0.25, 0.3) is 5.91 Å². The Kier molecular flexibility index (Phi) is 6.62. The van der Waals surface area contributed by atoms with Gasteiger partial charge in [-0.05, 0) is 57.2 Å². The van der Waals surface area contributed by atoms with Crippen molar-refractivity contribution in [2.75, 3.05) is 45.9 Å². The van der Waals surface area contributed by atoms with Gasteiger partial charge in [0.2, 0.25) is 0 Å². The first-order chi connectivity index (χ1) is 14.2. The van der Waals surface area contributed by atoms with E-state index in [4.69, 9.17) is 4.74 Å². The maximum Gasteiger partial charge on any atom is 0.257 e. The Morgan fingerprint density at radius 3 is 2.55 bits per heavy atom. The Bertz CT molecular complexity index is 790. The van der Waals surface area contributed by atoms with Crippen molar-refractivity contribution in [2.24, 2.45) is 5.92 Å². The van der Waals surface area contributed by atoms with Crippen molar-refractivity contribution in [3.05, 3.63) is 47.8 Å². The number of morpholine rings is 1. The second-order valence-corrected chi connectivity index (χ2v) is 8.22. The van der Waals surface area contributed by atoms with Gasteiger partial charge in [-0.25, -0.2) is 4.68 Å². The Morgan fingerprint density at radius 2 is 1.83 bits per heavy atom. The number of aromatic nitrogens is 2. The van der Waals surface area contributed by atoms with Gasteiger partial charge in [-0.15, -0.1) is 0 Å². The van der Waals surface area contributed by atoms with Crippen molar-refractivity contribution < 1.29 is 9.53 Å². The first kappa shape index (κ1) is 20.1. The molecule has 2 aliphatic rings. The molecule has 2 aliphatic heterocycles. The molecule has 0 unspecified atom stereocenters. The van der Waals surface area contributed by atoms with Gasteiger partial charge in [0.1, 0.15) is 0 Å². The molecule has 0 N–H and O–H groups in total. The number of amides is 1. The molecule has 156 valence electrons. The Morgan fingerprint density at radius 1 is 1.10 bits per heavy atom. The quantitative estimate of drug-likeness (QED) is 0.753. The lowest BCUT2D eigenvalue weighted by Crippen LogP contribution is -2.39. The molecule has 1 amide bonds. The van der Waals surface area contributed by atoms with Crippen LogP contribution in [0.2, 0.25) is 0 Å². The van der Waals surface area contributed by atoms with Crippen molar-refractivity contribution in [3.8, 4) is 5.69 Å². The van der Waals surface area contributed by atoms with Crippen molar-refractivity contribution in [2.45, 2.75) is 32.6 Å². The highest BCUT2D eigenvalue weighted by Gasteiger charge is 2.26. The van der Waals surface area contributed by atoms with Crippen LogP contribution in [0.25, 0.3) is 5.69 Å². The summed E-state index contributed by atoms with van der Waals surface area (Å²) in [6, 6.07) is 9.98. The van der Waals surface area contributed by atoms with Gasteiger partial charge in [0, 0.05) is 26.2 Å². The van der Waals surface area contributed by atoms with Crippen LogP contribution in [0.5, 0.6) is 0 Å². The van der Waals surface area contributed by atoms with E-state index in [0.29, 0.717) is 0 Å². The van der Waals surface area contributed by atoms with Crippen molar-refractivity contribution >= 4 is 5.91 Å². The summed E-state index contributed by atoms with van der Waals surface area (Å²) in [6.45, 7) is 8.77. The minimum absolute atomic E-state index is 0.122. The van der Waals surface area contributed by atoms with Gasteiger partial charge in [-0.1, -0.05) is 18.2 Å². The molecule has 0 radical (unpaired) electrons. The number of ether oxygens (including phenoxy) is 1. The first-order valence-corrected chi connectivity index (χ1v) is 10.9. The van der Waals surface area contributed by atoms with E-state index in [1.54, 1.807) is 6.20 Å². The van der Waals surface area contributed by atoms with E-state index in [1.807, 2.05) is 46.8 Å². The molecule has 0 atom stereocenters. The number of hydrogen-bond acceptors (Lipinski definition) is 4. The lowest BCUT2D eigenvalue weighted by atomic mass is 9.91. The van der Waals surface area contributed by atoms with Crippen molar-refractivity contribution in [1.29, 1.82) is 0 Å². The van der Waals surface area contributed by atoms with Gasteiger partial charge in [0.15, 0.2) is 0 Å². The molecule has 6 nitrogen and oxygen atoms in total. The predicted molar refractivity (Wildman–Crippen MR) is 113 cm³/mol. The summed E-state index contributed by atoms with van der Waals surface area (Å²) in [5.74, 6) is 0.865. The molecular weight excluding hydrogens is 364 g/mol. The predicted octanol–water partition coefficient (Wildman–Crippen LogP) is 3.15. The van der Waals surface area contributed by atoms with E-state index in [-0.39, 0.29) is 5.91 Å². The Hall–Kier alpha value is -2.18. The van der Waals surface area contributed by atoms with Gasteiger partial charge in [-0.2, -0.15) is 5.10 Å². The summed E-state index contributed by atoms with van der Waals surface area (Å²) in [7, 11) is 0. The molecule has 2 aromatic rings. The van der Waals surface area contributed by atoms with Crippen LogP contribution in [0.15, 0.2) is 36.5 Å². The average Bonchev–Trinajstić information content (AvgIpc) is 3.16. The number of piperidine rings is 1. The summed E-state index contributed by atoms with van der Waals surface area (Å²) >= 11 is 0. The lowest BCUT2D eigenvalue weighted by Gasteiger charge is -2.33. The SMILES string of the molecule is Cc1c(C(=O)N2CCC(CCCN3CCOCC3)CC2)cnn1-c1ccccc1. The fraction of sp³-hybridized carbons (Fsp3) is 0.565. The number of rotatable bonds is 6. The number of carbonyl (C=O) groups excluding carboxylic acids is 1. The van der Waals surface area contributed by atoms with Gasteiger partial charge in [0.05, 0.1) is 36.4 Å². The highest BCUT2D eigenvalue weighted by Crippen LogP contribution is 2.24. The molecule has 0 aliphatic carbocycles. The summed E-state index contributed by atoms with van der Waals surface area (Å²) in [5.41, 5.74) is 2.62. The van der Waals surface area contributed by atoms with Crippen LogP contribution in [0.1, 0.15) is 41.7 Å². The van der Waals surface area contributed by atoms with Crippen molar-refractivity contribution in [3.63, 3.8) is 0 Å². The van der Waals surface area contributed by atoms with Crippen molar-refractivity contribution in [1.82, 2.24) is 19.6 Å². The molecule has 0 saturated carbocycles. The van der Waals surface area contributed by atoms with E-state index < -0.39 is 0 Å². The standard InChI is InChI=1S/C23H32N4O2/c1-19-22(18-24-27(19)21-7-3-2-4-8-21)23(28)26-12-9-20(10-13-26)6-5-11-25-14-16-29-17-15-25/h2-4,7-8,18,20H,5-6,9-17H2,1H3. The Labute approximate surface area is 173 Å². The molecule has 6 heteroatoms. The first-order valence-electron chi connectivity index (χ1n) is 10.9. The number of benzene rings is 1. The largest absolute Gasteiger partial charge is 0.379 e. The highest BCUT2D eigenvalue weighted by atomic mass is 16.5. The van der Waals surface area contributed by atoms with Crippen LogP contribution in [0.4, 0.5) is 0 Å². The third-order valence-electron chi connectivity index (χ3n) is 6.33. The molecule has 29 heavy (non-hydrogen) atoms. The number of carbonyl (C=O) groups is 1. The number of hydrogen-bond donors (Lipinski definition) is 0. The van der Waals surface area contributed by atoms with E-state index in [2.05, 4.69) is 10.00 Å². The van der Waals surface area contributed by atoms with Gasteiger partial charge in [-0.3, -0.25) is 9.69 Å². The summed E-state index contributed by atoms with van der Waals surface area (Å²) in [4.78, 5) is 17.6. The Balaban J connectivity index is 1.26. The molecule has 0 bridgehead atoms. The molecule has 3 heterocycles. The van der Waals surface area contributed by atoms with Crippen LogP contribution in [0, 0.1) is 12.8 Å². The van der Waals surface area contributed by atoms with Gasteiger partial charge < -0.3 is 9.64 Å². The number of para-hydroxylation sites is 1. The van der Waals surface area contributed by atoms with Crippen LogP contribution in [-0.4, -0.2) is 71.4 Å². The van der Waals surface area contributed by atoms with E-state index in [0.717, 1.165) is 75.1 Å². The monoisotopic (exact) mass is 396 g/mol. The molecular formula is C23H32N4O2. The van der Waals surface area contributed by atoms with Crippen LogP contribution >= 0.6 is 0 Å². The maximum atomic E-state index is 13.0. The lowest BCUT2D eigenvalue weighted by molar-refractivity contribution is 0.0361. The molecule has 1 aromatic heterocycles. The number of nitrogens with zero attached hydrogens (tertiary/aromatic N) is 4. The summed E-state index contributed by atoms with van der Waals surface area (Å²) in [5, 5.41) is 4.46. The van der Waals surface area contributed by atoms with E-state index in [9.17, 15) is 4.79 Å². The minimum Gasteiger partial charge on any atom is -0.379 e. The van der Waals surface area contributed by atoms with Crippen LogP contribution < -0.4 is 0 Å². The zero-order chi connectivity index (χ0) is 20.1. The van der Waals surface area contributed by atoms with Gasteiger partial charge >= 0.3 is 0 Å². The number of likely N-dealkylation sites (tertiary alicyclic amines) is 1. The summed E-state index contributed by atoms with van der Waals surface area (Å²) < 4.78 is 7.27. The minimum atomic E-state index is 0.122. The third kappa shape index (κ3) is 4.87. The van der Waals surface area contributed by atoms with Crippen LogP contribution in [-0.2, 0) is 4.74 Å². The molecule has 1 aromatic carbocycles. The highest BCUT2D eigenvalue weighted by molar-refractivity contribution is 5.95. The zero-order valence-corrected chi connectivity index (χ0v) is 17.4. The van der Waals surface area contributed by atoms with Crippen LogP contribution in [0.3, 0.4) is 0 Å². The zero-order valence-electron chi connectivity index (χ0n) is 17.4.